The van der Waals surface area contributed by atoms with Crippen molar-refractivity contribution in [3.05, 3.63) is 0 Å². The average molecular weight is 881 g/mol. The van der Waals surface area contributed by atoms with Gasteiger partial charge in [-0.05, 0) is 25.7 Å². The third kappa shape index (κ3) is 12.0. The van der Waals surface area contributed by atoms with E-state index in [1.165, 1.54) is 0 Å². The number of hydrogen-bond donors (Lipinski definition) is 20. The monoisotopic (exact) mass is 880 g/mol. The van der Waals surface area contributed by atoms with Crippen LogP contribution >= 0.6 is 0 Å². The molecule has 0 radical (unpaired) electrons. The molecule has 4 heterocycles. The molecule has 0 saturated carbocycles. The van der Waals surface area contributed by atoms with Crippen molar-refractivity contribution in [1.82, 2.24) is 0 Å². The Balaban J connectivity index is 0.000000729. The first-order valence-corrected chi connectivity index (χ1v) is 18.0. The molecule has 0 aliphatic carbocycles. The number of hydrogen-bond acceptors (Lipinski definition) is 24. The third-order valence-corrected chi connectivity index (χ3v) is 10.8. The van der Waals surface area contributed by atoms with Gasteiger partial charge in [0, 0.05) is 21.7 Å². The molecule has 57 heavy (non-hydrogen) atoms. The summed E-state index contributed by atoms with van der Waals surface area (Å²) in [5, 5.41) is 187. The van der Waals surface area contributed by atoms with Gasteiger partial charge in [0.15, 0.2) is 25.2 Å². The topological polar surface area (TPSA) is 442 Å². The molecule has 0 aromatic heterocycles. The molecule has 0 amide bonds. The third-order valence-electron chi connectivity index (χ3n) is 10.8. The van der Waals surface area contributed by atoms with Gasteiger partial charge < -0.3 is 121 Å². The van der Waals surface area contributed by atoms with Crippen LogP contribution in [0.1, 0.15) is 53.4 Å². The fraction of sp³-hybridized carbons (Fsp3) is 1.00. The molecule has 0 spiro atoms. The molecule has 20 unspecified atom stereocenters. The van der Waals surface area contributed by atoms with Gasteiger partial charge in [-0.1, -0.05) is 27.7 Å². The molecule has 340 valence electrons. The van der Waals surface area contributed by atoms with E-state index in [0.29, 0.717) is 0 Å². The maximum absolute atomic E-state index is 9.73. The van der Waals surface area contributed by atoms with E-state index in [0.717, 1.165) is 0 Å². The zero-order valence-electron chi connectivity index (χ0n) is 32.0. The predicted octanol–water partition coefficient (Wildman–Crippen LogP) is -9.77. The molecule has 4 aliphatic rings. The van der Waals surface area contributed by atoms with Gasteiger partial charge in [-0.15, -0.1) is 0 Å². The normalized spacial score (nSPS) is 48.4. The van der Waals surface area contributed by atoms with Crippen molar-refractivity contribution in [3.8, 4) is 0 Å². The Morgan fingerprint density at radius 1 is 0.333 bits per heavy atom. The fourth-order valence-corrected chi connectivity index (χ4v) is 6.18. The zero-order valence-corrected chi connectivity index (χ0v) is 33.5. The molecule has 0 aromatic rings. The average Bonchev–Trinajstić information content (AvgIpc) is 3.20. The summed E-state index contributed by atoms with van der Waals surface area (Å²) < 4.78 is 19.1. The van der Waals surface area contributed by atoms with Gasteiger partial charge in [0.05, 0.1) is 26.4 Å². The van der Waals surface area contributed by atoms with Crippen LogP contribution in [0, 0.1) is 0 Å². The maximum Gasteiger partial charge on any atom is 0.186 e. The number of aliphatic hydroxyl groups is 20. The summed E-state index contributed by atoms with van der Waals surface area (Å²) >= 11 is 0. The second kappa shape index (κ2) is 23.8. The van der Waals surface area contributed by atoms with Gasteiger partial charge in [-0.2, -0.15) is 0 Å². The summed E-state index contributed by atoms with van der Waals surface area (Å²) in [5.41, 5.74) is -7.54. The Bertz CT molecular complexity index is 968. The first-order chi connectivity index (χ1) is 25.9. The Morgan fingerprint density at radius 3 is 0.579 bits per heavy atom. The predicted molar refractivity (Wildman–Crippen MR) is 181 cm³/mol. The Kier molecular flexibility index (Phi) is 23.7. The molecular weight excluding hydrogens is 816 g/mol. The SMILES string of the molecule is CCC1(O)C(O)OC(CO)C(O)C1O.CCC1(O)C(O)OC(CO)C(O)C1O.CCC1(O)C(O)OC(CO)C(O)C1O.CCC1(O)C(O)OC(CO)C(O)C1O.[Ti]. The van der Waals surface area contributed by atoms with Crippen molar-refractivity contribution < 1.29 is 143 Å². The molecule has 20 N–H and O–H groups in total. The molecule has 4 saturated heterocycles. The zero-order chi connectivity index (χ0) is 43.7. The van der Waals surface area contributed by atoms with E-state index in [1.807, 2.05) is 0 Å². The summed E-state index contributed by atoms with van der Waals surface area (Å²) in [6.45, 7) is 4.04. The van der Waals surface area contributed by atoms with E-state index in [2.05, 4.69) is 0 Å². The second-order valence-corrected chi connectivity index (χ2v) is 14.0. The van der Waals surface area contributed by atoms with Crippen LogP contribution in [0.2, 0.25) is 0 Å². The second-order valence-electron chi connectivity index (χ2n) is 14.0. The van der Waals surface area contributed by atoms with E-state index >= 15 is 0 Å². The van der Waals surface area contributed by atoms with E-state index in [-0.39, 0.29) is 47.4 Å². The van der Waals surface area contributed by atoms with Crippen molar-refractivity contribution >= 4 is 0 Å². The Hall–Kier alpha value is -0.246. The largest absolute Gasteiger partial charge is 0.394 e. The summed E-state index contributed by atoms with van der Waals surface area (Å²) in [4.78, 5) is 0. The summed E-state index contributed by atoms with van der Waals surface area (Å²) in [6, 6.07) is 0. The van der Waals surface area contributed by atoms with Gasteiger partial charge in [-0.25, -0.2) is 0 Å². The van der Waals surface area contributed by atoms with Gasteiger partial charge in [-0.3, -0.25) is 0 Å². The van der Waals surface area contributed by atoms with E-state index in [4.69, 9.17) is 39.4 Å². The van der Waals surface area contributed by atoms with Crippen LogP contribution in [-0.2, 0) is 40.7 Å². The van der Waals surface area contributed by atoms with Crippen LogP contribution in [0.3, 0.4) is 0 Å². The van der Waals surface area contributed by atoms with Crippen LogP contribution < -0.4 is 0 Å². The van der Waals surface area contributed by atoms with Crippen LogP contribution in [0.4, 0.5) is 0 Å². The smallest absolute Gasteiger partial charge is 0.186 e. The Labute approximate surface area is 342 Å². The number of aliphatic hydroxyl groups excluding tert-OH is 16. The van der Waals surface area contributed by atoms with Gasteiger partial charge in [0.2, 0.25) is 0 Å². The first kappa shape index (κ1) is 56.8. The molecule has 25 heteroatoms. The van der Waals surface area contributed by atoms with E-state index in [9.17, 15) is 81.7 Å². The minimum absolute atomic E-state index is 0. The van der Waals surface area contributed by atoms with Gasteiger partial charge in [0.25, 0.3) is 0 Å². The van der Waals surface area contributed by atoms with Crippen molar-refractivity contribution in [3.63, 3.8) is 0 Å². The van der Waals surface area contributed by atoms with Crippen LogP contribution in [0.5, 0.6) is 0 Å². The number of ether oxygens (including phenoxy) is 4. The summed E-state index contributed by atoms with van der Waals surface area (Å²) in [6.07, 6.45) is -22.4. The molecule has 4 aliphatic heterocycles. The summed E-state index contributed by atoms with van der Waals surface area (Å²) in [7, 11) is 0. The van der Waals surface area contributed by atoms with E-state index < -0.39 is 147 Å². The molecule has 4 rings (SSSR count). The van der Waals surface area contributed by atoms with Crippen molar-refractivity contribution in [1.29, 1.82) is 0 Å². The molecular formula is C32H64O24Ti. The fourth-order valence-electron chi connectivity index (χ4n) is 6.18. The maximum atomic E-state index is 9.73. The summed E-state index contributed by atoms with van der Waals surface area (Å²) in [5.74, 6) is 0. The minimum Gasteiger partial charge on any atom is -0.394 e. The van der Waals surface area contributed by atoms with Gasteiger partial charge >= 0.3 is 0 Å². The van der Waals surface area contributed by atoms with Crippen LogP contribution in [0.15, 0.2) is 0 Å². The Morgan fingerprint density at radius 2 is 0.474 bits per heavy atom. The standard InChI is InChI=1S/4C8H16O6.Ti/c4*1-2-8(13)6(11)5(10)4(3-9)14-7(8)12;/h4*4-7,9-13H,2-3H2,1H3;. The van der Waals surface area contributed by atoms with Crippen molar-refractivity contribution in [2.45, 2.75) is 174 Å². The molecule has 0 bridgehead atoms. The van der Waals surface area contributed by atoms with Crippen LogP contribution in [-0.4, -0.2) is 249 Å². The number of rotatable bonds is 8. The minimum atomic E-state index is -1.88. The van der Waals surface area contributed by atoms with Crippen LogP contribution in [0.25, 0.3) is 0 Å². The molecule has 20 atom stereocenters. The van der Waals surface area contributed by atoms with Gasteiger partial charge in [0.1, 0.15) is 95.7 Å². The molecule has 4 fully saturated rings. The van der Waals surface area contributed by atoms with E-state index in [1.54, 1.807) is 27.7 Å². The quantitative estimate of drug-likeness (QED) is 0.101. The first-order valence-electron chi connectivity index (χ1n) is 18.0. The molecule has 0 aromatic carbocycles. The molecule has 24 nitrogen and oxygen atoms in total. The van der Waals surface area contributed by atoms with Crippen molar-refractivity contribution in [2.75, 3.05) is 26.4 Å². The van der Waals surface area contributed by atoms with Crippen molar-refractivity contribution in [2.24, 2.45) is 0 Å².